The van der Waals surface area contributed by atoms with Crippen LogP contribution in [0.4, 0.5) is 0 Å². The van der Waals surface area contributed by atoms with Gasteiger partial charge in [-0.05, 0) is 17.7 Å². The highest BCUT2D eigenvalue weighted by molar-refractivity contribution is 6.52. The van der Waals surface area contributed by atoms with Crippen molar-refractivity contribution in [3.63, 3.8) is 0 Å². The van der Waals surface area contributed by atoms with Crippen molar-refractivity contribution in [3.8, 4) is 0 Å². The molecule has 16 heavy (non-hydrogen) atoms. The molecule has 0 radical (unpaired) electrons. The van der Waals surface area contributed by atoms with Gasteiger partial charge in [0.1, 0.15) is 0 Å². The Labute approximate surface area is 101 Å². The van der Waals surface area contributed by atoms with Crippen molar-refractivity contribution < 1.29 is 4.43 Å². The number of benzene rings is 1. The molecule has 2 rings (SSSR count). The van der Waals surface area contributed by atoms with Gasteiger partial charge < -0.3 is 4.43 Å². The summed E-state index contributed by atoms with van der Waals surface area (Å²) >= 11 is 0. The van der Waals surface area contributed by atoms with E-state index in [9.17, 15) is 0 Å². The largest absolute Gasteiger partial charge is 0.416 e. The summed E-state index contributed by atoms with van der Waals surface area (Å²) in [6.07, 6.45) is 7.13. The summed E-state index contributed by atoms with van der Waals surface area (Å²) in [4.78, 5) is 0. The molecule has 1 aromatic carbocycles. The maximum atomic E-state index is 6.11. The van der Waals surface area contributed by atoms with Crippen LogP contribution < -0.4 is 0 Å². The number of rotatable bonds is 4. The standard InChI is InChI=1S/C14H22OSi/c1-16(14-10-6-3-7-11-14)15-12-13-8-4-2-5-9-13/h2,4-5,8-9,14,16H,3,6-7,10-12H2,1H3. The minimum absolute atomic E-state index is 0.824. The fraction of sp³-hybridized carbons (Fsp3) is 0.571. The fourth-order valence-corrected chi connectivity index (χ4v) is 4.68. The quantitative estimate of drug-likeness (QED) is 0.718. The van der Waals surface area contributed by atoms with Crippen LogP contribution in [-0.2, 0) is 11.0 Å². The number of hydrogen-bond donors (Lipinski definition) is 0. The van der Waals surface area contributed by atoms with Crippen LogP contribution in [0.15, 0.2) is 30.3 Å². The van der Waals surface area contributed by atoms with Crippen molar-refractivity contribution in [2.45, 2.75) is 50.8 Å². The molecule has 1 aliphatic rings. The highest BCUT2D eigenvalue weighted by atomic mass is 28.3. The van der Waals surface area contributed by atoms with Crippen LogP contribution >= 0.6 is 0 Å². The molecule has 1 saturated carbocycles. The molecule has 0 aromatic heterocycles. The van der Waals surface area contributed by atoms with Crippen molar-refractivity contribution in [3.05, 3.63) is 35.9 Å². The van der Waals surface area contributed by atoms with E-state index in [1.165, 1.54) is 37.7 Å². The van der Waals surface area contributed by atoms with Crippen LogP contribution in [0.3, 0.4) is 0 Å². The second-order valence-corrected chi connectivity index (χ2v) is 7.59. The molecule has 1 aliphatic carbocycles. The molecule has 2 heteroatoms. The van der Waals surface area contributed by atoms with Gasteiger partial charge in [0.2, 0.25) is 0 Å². The predicted molar refractivity (Wildman–Crippen MR) is 71.1 cm³/mol. The Morgan fingerprint density at radius 2 is 1.81 bits per heavy atom. The van der Waals surface area contributed by atoms with Gasteiger partial charge in [0.05, 0.1) is 6.61 Å². The summed E-state index contributed by atoms with van der Waals surface area (Å²) in [5.41, 5.74) is 2.25. The van der Waals surface area contributed by atoms with Crippen LogP contribution in [-0.4, -0.2) is 9.04 Å². The Bertz CT molecular complexity index is 293. The summed E-state index contributed by atoms with van der Waals surface area (Å²) in [6.45, 7) is 3.20. The summed E-state index contributed by atoms with van der Waals surface area (Å²) in [5, 5.41) is 0. The fourth-order valence-electron chi connectivity index (χ4n) is 2.54. The maximum Gasteiger partial charge on any atom is 0.177 e. The molecule has 0 N–H and O–H groups in total. The van der Waals surface area contributed by atoms with Crippen molar-refractivity contribution >= 4 is 9.04 Å². The van der Waals surface area contributed by atoms with E-state index in [1.807, 2.05) is 0 Å². The van der Waals surface area contributed by atoms with Crippen molar-refractivity contribution in [2.75, 3.05) is 0 Å². The topological polar surface area (TPSA) is 9.23 Å². The van der Waals surface area contributed by atoms with E-state index in [0.717, 1.165) is 12.1 Å². The SMILES string of the molecule is C[SiH](OCc1ccccc1)C1CCCCC1. The maximum absolute atomic E-state index is 6.11. The van der Waals surface area contributed by atoms with Crippen LogP contribution in [0.5, 0.6) is 0 Å². The van der Waals surface area contributed by atoms with Gasteiger partial charge >= 0.3 is 0 Å². The molecule has 0 saturated heterocycles. The minimum Gasteiger partial charge on any atom is -0.416 e. The van der Waals surface area contributed by atoms with Gasteiger partial charge in [0, 0.05) is 0 Å². The first-order valence-corrected chi connectivity index (χ1v) is 8.81. The lowest BCUT2D eigenvalue weighted by molar-refractivity contribution is 0.293. The Balaban J connectivity index is 1.76. The Hall–Kier alpha value is -0.603. The summed E-state index contributed by atoms with van der Waals surface area (Å²) in [7, 11) is -0.953. The molecular weight excluding hydrogens is 212 g/mol. The third-order valence-corrected chi connectivity index (χ3v) is 6.36. The zero-order valence-corrected chi connectivity index (χ0v) is 11.3. The van der Waals surface area contributed by atoms with Gasteiger partial charge in [-0.3, -0.25) is 0 Å². The summed E-state index contributed by atoms with van der Waals surface area (Å²) in [6, 6.07) is 10.5. The third-order valence-electron chi connectivity index (χ3n) is 3.67. The second kappa shape index (κ2) is 6.21. The van der Waals surface area contributed by atoms with Crippen LogP contribution in [0.1, 0.15) is 37.7 Å². The monoisotopic (exact) mass is 234 g/mol. The Kier molecular flexibility index (Phi) is 4.61. The molecule has 0 spiro atoms. The highest BCUT2D eigenvalue weighted by Crippen LogP contribution is 2.31. The van der Waals surface area contributed by atoms with Gasteiger partial charge in [-0.15, -0.1) is 0 Å². The van der Waals surface area contributed by atoms with Crippen molar-refractivity contribution in [2.24, 2.45) is 0 Å². The number of hydrogen-bond acceptors (Lipinski definition) is 1. The Morgan fingerprint density at radius 3 is 2.50 bits per heavy atom. The first-order chi connectivity index (χ1) is 7.86. The van der Waals surface area contributed by atoms with E-state index in [-0.39, 0.29) is 0 Å². The molecule has 88 valence electrons. The summed E-state index contributed by atoms with van der Waals surface area (Å²) in [5.74, 6) is 0. The highest BCUT2D eigenvalue weighted by Gasteiger charge is 2.22. The molecule has 1 unspecified atom stereocenters. The molecular formula is C14H22OSi. The first-order valence-electron chi connectivity index (χ1n) is 6.52. The summed E-state index contributed by atoms with van der Waals surface area (Å²) < 4.78 is 6.11. The van der Waals surface area contributed by atoms with Gasteiger partial charge in [0.15, 0.2) is 9.04 Å². The van der Waals surface area contributed by atoms with Crippen molar-refractivity contribution in [1.82, 2.24) is 0 Å². The van der Waals surface area contributed by atoms with E-state index >= 15 is 0 Å². The second-order valence-electron chi connectivity index (χ2n) is 4.90. The van der Waals surface area contributed by atoms with Crippen LogP contribution in [0.2, 0.25) is 12.1 Å². The van der Waals surface area contributed by atoms with Gasteiger partial charge in [0.25, 0.3) is 0 Å². The van der Waals surface area contributed by atoms with Crippen LogP contribution in [0, 0.1) is 0 Å². The minimum atomic E-state index is -0.953. The van der Waals surface area contributed by atoms with Gasteiger partial charge in [-0.1, -0.05) is 62.4 Å². The lowest BCUT2D eigenvalue weighted by atomic mass is 10.0. The van der Waals surface area contributed by atoms with Gasteiger partial charge in [-0.25, -0.2) is 0 Å². The van der Waals surface area contributed by atoms with E-state index in [2.05, 4.69) is 36.9 Å². The zero-order chi connectivity index (χ0) is 11.2. The van der Waals surface area contributed by atoms with Gasteiger partial charge in [-0.2, -0.15) is 0 Å². The lowest BCUT2D eigenvalue weighted by Crippen LogP contribution is -2.23. The molecule has 0 amide bonds. The third kappa shape index (κ3) is 3.46. The average molecular weight is 234 g/mol. The van der Waals surface area contributed by atoms with Crippen LogP contribution in [0.25, 0.3) is 0 Å². The Morgan fingerprint density at radius 1 is 1.12 bits per heavy atom. The first kappa shape index (κ1) is 11.9. The molecule has 1 fully saturated rings. The predicted octanol–water partition coefficient (Wildman–Crippen LogP) is 3.89. The van der Waals surface area contributed by atoms with E-state index in [1.54, 1.807) is 0 Å². The zero-order valence-electron chi connectivity index (χ0n) is 10.2. The smallest absolute Gasteiger partial charge is 0.177 e. The molecule has 1 nitrogen and oxygen atoms in total. The lowest BCUT2D eigenvalue weighted by Gasteiger charge is -2.26. The molecule has 0 heterocycles. The average Bonchev–Trinajstić information content (AvgIpc) is 2.38. The molecule has 1 atom stereocenters. The molecule has 1 aromatic rings. The molecule has 0 aliphatic heterocycles. The van der Waals surface area contributed by atoms with E-state index in [0.29, 0.717) is 0 Å². The molecule has 0 bridgehead atoms. The van der Waals surface area contributed by atoms with E-state index < -0.39 is 9.04 Å². The van der Waals surface area contributed by atoms with E-state index in [4.69, 9.17) is 4.43 Å². The normalized spacial score (nSPS) is 19.6. The van der Waals surface area contributed by atoms with Crippen molar-refractivity contribution in [1.29, 1.82) is 0 Å².